The van der Waals surface area contributed by atoms with Crippen LogP contribution in [0.3, 0.4) is 0 Å². The van der Waals surface area contributed by atoms with E-state index in [1.54, 1.807) is 19.2 Å². The van der Waals surface area contributed by atoms with Crippen molar-refractivity contribution in [2.24, 2.45) is 0 Å². The Bertz CT molecular complexity index is 763. The molecule has 0 aliphatic heterocycles. The zero-order chi connectivity index (χ0) is 18.4. The van der Waals surface area contributed by atoms with Gasteiger partial charge in [0.1, 0.15) is 5.75 Å². The van der Waals surface area contributed by atoms with Crippen molar-refractivity contribution in [1.29, 1.82) is 0 Å². The molecule has 1 aromatic carbocycles. The van der Waals surface area contributed by atoms with Crippen molar-refractivity contribution >= 4 is 44.3 Å². The second-order valence-electron chi connectivity index (χ2n) is 5.31. The van der Waals surface area contributed by atoms with Crippen LogP contribution in [0, 0.1) is 6.92 Å². The molecule has 25 heavy (non-hydrogen) atoms. The van der Waals surface area contributed by atoms with Gasteiger partial charge in [-0.1, -0.05) is 6.07 Å². The molecule has 0 spiro atoms. The highest BCUT2D eigenvalue weighted by Gasteiger charge is 2.18. The first-order chi connectivity index (χ1) is 11.9. The van der Waals surface area contributed by atoms with E-state index in [4.69, 9.17) is 9.47 Å². The first kappa shape index (κ1) is 19.4. The van der Waals surface area contributed by atoms with E-state index in [0.29, 0.717) is 23.2 Å². The van der Waals surface area contributed by atoms with Gasteiger partial charge in [-0.2, -0.15) is 0 Å². The minimum absolute atomic E-state index is 0.0859. The maximum atomic E-state index is 12.3. The van der Waals surface area contributed by atoms with Crippen molar-refractivity contribution in [3.8, 4) is 5.75 Å². The SMILES string of the molecule is CCOC(=O)Cc1csc(NC(=O)[C@@H](C)Oc2ccc(C)cc2Br)n1. The monoisotopic (exact) mass is 426 g/mol. The van der Waals surface area contributed by atoms with Crippen LogP contribution in [0.4, 0.5) is 5.13 Å². The third-order valence-corrected chi connectivity index (χ3v) is 4.60. The number of carbonyl (C=O) groups excluding carboxylic acids is 2. The summed E-state index contributed by atoms with van der Waals surface area (Å²) in [4.78, 5) is 27.9. The number of aryl methyl sites for hydroxylation is 1. The number of aromatic nitrogens is 1. The maximum Gasteiger partial charge on any atom is 0.311 e. The van der Waals surface area contributed by atoms with Gasteiger partial charge in [-0.05, 0) is 54.4 Å². The smallest absolute Gasteiger partial charge is 0.311 e. The summed E-state index contributed by atoms with van der Waals surface area (Å²) in [6, 6.07) is 5.64. The number of ether oxygens (including phenoxy) is 2. The molecule has 0 saturated heterocycles. The van der Waals surface area contributed by atoms with Crippen LogP contribution in [0.5, 0.6) is 5.75 Å². The summed E-state index contributed by atoms with van der Waals surface area (Å²) in [5.74, 6) is -0.0634. The van der Waals surface area contributed by atoms with Crippen LogP contribution in [-0.2, 0) is 20.7 Å². The fourth-order valence-corrected chi connectivity index (χ4v) is 3.26. The number of thiazole rings is 1. The molecule has 0 aliphatic carbocycles. The van der Waals surface area contributed by atoms with Crippen LogP contribution in [0.25, 0.3) is 0 Å². The highest BCUT2D eigenvalue weighted by Crippen LogP contribution is 2.27. The average molecular weight is 427 g/mol. The van der Waals surface area contributed by atoms with E-state index in [9.17, 15) is 9.59 Å². The van der Waals surface area contributed by atoms with E-state index in [-0.39, 0.29) is 18.3 Å². The van der Waals surface area contributed by atoms with Gasteiger partial charge in [0.05, 0.1) is 23.2 Å². The van der Waals surface area contributed by atoms with Crippen molar-refractivity contribution in [2.45, 2.75) is 33.3 Å². The lowest BCUT2D eigenvalue weighted by Gasteiger charge is -2.15. The molecule has 1 N–H and O–H groups in total. The van der Waals surface area contributed by atoms with Crippen LogP contribution >= 0.6 is 27.3 Å². The average Bonchev–Trinajstić information content (AvgIpc) is 2.97. The molecule has 1 atom stereocenters. The fraction of sp³-hybridized carbons (Fsp3) is 0.353. The zero-order valence-corrected chi connectivity index (χ0v) is 16.6. The molecule has 134 valence electrons. The summed E-state index contributed by atoms with van der Waals surface area (Å²) < 4.78 is 11.3. The molecule has 0 saturated carbocycles. The molecule has 6 nitrogen and oxygen atoms in total. The molecule has 0 radical (unpaired) electrons. The number of benzene rings is 1. The number of hydrogen-bond acceptors (Lipinski definition) is 6. The Balaban J connectivity index is 1.92. The van der Waals surface area contributed by atoms with E-state index in [1.807, 2.05) is 25.1 Å². The lowest BCUT2D eigenvalue weighted by molar-refractivity contribution is -0.142. The second kappa shape index (κ2) is 8.96. The molecule has 0 unspecified atom stereocenters. The Morgan fingerprint density at radius 1 is 1.40 bits per heavy atom. The molecule has 0 fully saturated rings. The Kier molecular flexibility index (Phi) is 6.95. The number of nitrogens with one attached hydrogen (secondary N) is 1. The number of hydrogen-bond donors (Lipinski definition) is 1. The standard InChI is InChI=1S/C17H19BrN2O4S/c1-4-23-15(21)8-12-9-25-17(19-12)20-16(22)11(3)24-14-6-5-10(2)7-13(14)18/h5-7,9,11H,4,8H2,1-3H3,(H,19,20,22)/t11-/m1/s1. The van der Waals surface area contributed by atoms with E-state index < -0.39 is 6.10 Å². The Morgan fingerprint density at radius 2 is 2.16 bits per heavy atom. The summed E-state index contributed by atoms with van der Waals surface area (Å²) in [6.07, 6.45) is -0.612. The number of nitrogens with zero attached hydrogens (tertiary/aromatic N) is 1. The normalized spacial score (nSPS) is 11.7. The molecular formula is C17H19BrN2O4S. The van der Waals surface area contributed by atoms with Gasteiger partial charge in [0.2, 0.25) is 0 Å². The summed E-state index contributed by atoms with van der Waals surface area (Å²) in [6.45, 7) is 5.71. The van der Waals surface area contributed by atoms with Gasteiger partial charge in [0, 0.05) is 5.38 Å². The largest absolute Gasteiger partial charge is 0.480 e. The number of rotatable bonds is 7. The molecule has 0 aliphatic rings. The molecule has 2 aromatic rings. The van der Waals surface area contributed by atoms with Crippen LogP contribution in [0.1, 0.15) is 25.1 Å². The number of halogens is 1. The topological polar surface area (TPSA) is 77.5 Å². The number of esters is 1. The minimum atomic E-state index is -0.698. The van der Waals surface area contributed by atoms with Crippen LogP contribution in [0.2, 0.25) is 0 Å². The lowest BCUT2D eigenvalue weighted by atomic mass is 10.2. The Hall–Kier alpha value is -1.93. The quantitative estimate of drug-likeness (QED) is 0.682. The molecule has 8 heteroatoms. The Labute approximate surface area is 158 Å². The molecule has 2 rings (SSSR count). The first-order valence-corrected chi connectivity index (χ1v) is 9.40. The third kappa shape index (κ3) is 5.82. The van der Waals surface area contributed by atoms with Gasteiger partial charge in [-0.3, -0.25) is 14.9 Å². The highest BCUT2D eigenvalue weighted by atomic mass is 79.9. The van der Waals surface area contributed by atoms with Crippen LogP contribution < -0.4 is 10.1 Å². The molecule has 1 aromatic heterocycles. The van der Waals surface area contributed by atoms with E-state index in [2.05, 4.69) is 26.2 Å². The van der Waals surface area contributed by atoms with Gasteiger partial charge in [-0.15, -0.1) is 11.3 Å². The minimum Gasteiger partial charge on any atom is -0.480 e. The highest BCUT2D eigenvalue weighted by molar-refractivity contribution is 9.10. The molecular weight excluding hydrogens is 408 g/mol. The predicted molar refractivity (Wildman–Crippen MR) is 100 cm³/mol. The van der Waals surface area contributed by atoms with Crippen molar-refractivity contribution in [3.63, 3.8) is 0 Å². The number of carbonyl (C=O) groups is 2. The summed E-state index contributed by atoms with van der Waals surface area (Å²) in [5.41, 5.74) is 1.65. The van der Waals surface area contributed by atoms with Gasteiger partial charge in [-0.25, -0.2) is 4.98 Å². The number of anilines is 1. The maximum absolute atomic E-state index is 12.3. The third-order valence-electron chi connectivity index (χ3n) is 3.17. The van der Waals surface area contributed by atoms with Crippen LogP contribution in [-0.4, -0.2) is 29.6 Å². The fourth-order valence-electron chi connectivity index (χ4n) is 1.96. The van der Waals surface area contributed by atoms with Crippen molar-refractivity contribution < 1.29 is 19.1 Å². The molecule has 1 heterocycles. The van der Waals surface area contributed by atoms with Gasteiger partial charge >= 0.3 is 5.97 Å². The first-order valence-electron chi connectivity index (χ1n) is 7.72. The van der Waals surface area contributed by atoms with E-state index >= 15 is 0 Å². The Morgan fingerprint density at radius 3 is 2.84 bits per heavy atom. The lowest BCUT2D eigenvalue weighted by Crippen LogP contribution is -2.30. The van der Waals surface area contributed by atoms with Crippen molar-refractivity contribution in [2.75, 3.05) is 11.9 Å². The van der Waals surface area contributed by atoms with E-state index in [1.165, 1.54) is 11.3 Å². The van der Waals surface area contributed by atoms with Gasteiger partial charge < -0.3 is 9.47 Å². The van der Waals surface area contributed by atoms with Crippen LogP contribution in [0.15, 0.2) is 28.1 Å². The molecule has 0 bridgehead atoms. The zero-order valence-electron chi connectivity index (χ0n) is 14.2. The second-order valence-corrected chi connectivity index (χ2v) is 7.02. The number of amides is 1. The summed E-state index contributed by atoms with van der Waals surface area (Å²) >= 11 is 4.67. The molecule has 1 amide bonds. The van der Waals surface area contributed by atoms with Crippen molar-refractivity contribution in [1.82, 2.24) is 4.98 Å². The summed E-state index contributed by atoms with van der Waals surface area (Å²) in [7, 11) is 0. The predicted octanol–water partition coefficient (Wildman–Crippen LogP) is 3.73. The van der Waals surface area contributed by atoms with E-state index in [0.717, 1.165) is 10.0 Å². The summed E-state index contributed by atoms with van der Waals surface area (Å²) in [5, 5.41) is 4.83. The van der Waals surface area contributed by atoms with Gasteiger partial charge in [0.15, 0.2) is 11.2 Å². The van der Waals surface area contributed by atoms with Gasteiger partial charge in [0.25, 0.3) is 5.91 Å². The van der Waals surface area contributed by atoms with Crippen molar-refractivity contribution in [3.05, 3.63) is 39.3 Å².